The molecule has 6 heteroatoms. The molecule has 84 valence electrons. The van der Waals surface area contributed by atoms with Crippen LogP contribution in [0.4, 0.5) is 23.4 Å². The molecule has 2 nitrogen and oxygen atoms in total. The van der Waals surface area contributed by atoms with E-state index in [1.165, 1.54) is 6.07 Å². The van der Waals surface area contributed by atoms with Crippen LogP contribution in [-0.2, 0) is 0 Å². The first kappa shape index (κ1) is 11.7. The fraction of sp³-hybridized carbons (Fsp3) is 0.444. The third kappa shape index (κ3) is 3.38. The predicted molar refractivity (Wildman–Crippen MR) is 48.4 cm³/mol. The molecule has 1 aromatic heterocycles. The third-order valence-corrected chi connectivity index (χ3v) is 1.71. The van der Waals surface area contributed by atoms with Crippen molar-refractivity contribution in [1.29, 1.82) is 0 Å². The monoisotopic (exact) mass is 222 g/mol. The van der Waals surface area contributed by atoms with E-state index in [0.29, 0.717) is 5.69 Å². The Morgan fingerprint density at radius 2 is 2.07 bits per heavy atom. The van der Waals surface area contributed by atoms with Gasteiger partial charge in [-0.2, -0.15) is 8.78 Å². The molecule has 0 spiro atoms. The number of alkyl halides is 4. The van der Waals surface area contributed by atoms with Crippen LogP contribution in [0.25, 0.3) is 0 Å². The van der Waals surface area contributed by atoms with Crippen LogP contribution >= 0.6 is 0 Å². The summed E-state index contributed by atoms with van der Waals surface area (Å²) in [6.45, 7) is 0.553. The first-order valence-electron chi connectivity index (χ1n) is 4.25. The van der Waals surface area contributed by atoms with Crippen LogP contribution in [0.1, 0.15) is 5.69 Å². The molecular weight excluding hydrogens is 212 g/mol. The lowest BCUT2D eigenvalue weighted by atomic mass is 10.3. The Labute approximate surface area is 84.3 Å². The van der Waals surface area contributed by atoms with Crippen LogP contribution in [0.3, 0.4) is 0 Å². The minimum absolute atomic E-state index is 0.162. The SMILES string of the molecule is Cc1cccc(NCC(F)(F)C(F)F)n1. The molecular formula is C9H10F4N2. The normalized spacial score (nSPS) is 11.9. The van der Waals surface area contributed by atoms with Crippen LogP contribution in [0.5, 0.6) is 0 Å². The maximum absolute atomic E-state index is 12.5. The molecule has 0 fully saturated rings. The summed E-state index contributed by atoms with van der Waals surface area (Å²) in [5, 5.41) is 2.17. The number of rotatable bonds is 4. The lowest BCUT2D eigenvalue weighted by Gasteiger charge is -2.16. The number of hydrogen-bond donors (Lipinski definition) is 1. The molecule has 1 aromatic rings. The fourth-order valence-electron chi connectivity index (χ4n) is 0.927. The highest BCUT2D eigenvalue weighted by atomic mass is 19.3. The zero-order valence-corrected chi connectivity index (χ0v) is 7.98. The molecule has 0 aliphatic rings. The van der Waals surface area contributed by atoms with Crippen molar-refractivity contribution >= 4 is 5.82 Å². The van der Waals surface area contributed by atoms with E-state index in [0.717, 1.165) is 0 Å². The zero-order valence-electron chi connectivity index (χ0n) is 7.98. The molecule has 0 bridgehead atoms. The standard InChI is InChI=1S/C9H10F4N2/c1-6-3-2-4-7(15-6)14-5-9(12,13)8(10)11/h2-4,8H,5H2,1H3,(H,14,15). The lowest BCUT2D eigenvalue weighted by molar-refractivity contribution is -0.117. The Balaban J connectivity index is 2.57. The molecule has 0 unspecified atom stereocenters. The average molecular weight is 222 g/mol. The molecule has 1 N–H and O–H groups in total. The van der Waals surface area contributed by atoms with Crippen LogP contribution in [0.2, 0.25) is 0 Å². The molecule has 1 heterocycles. The Bertz CT molecular complexity index is 328. The van der Waals surface area contributed by atoms with Gasteiger partial charge in [-0.25, -0.2) is 13.8 Å². The highest BCUT2D eigenvalue weighted by Crippen LogP contribution is 2.22. The first-order chi connectivity index (χ1) is 6.92. The van der Waals surface area contributed by atoms with Crippen molar-refractivity contribution in [2.24, 2.45) is 0 Å². The summed E-state index contributed by atoms with van der Waals surface area (Å²) >= 11 is 0. The van der Waals surface area contributed by atoms with Crippen molar-refractivity contribution in [3.8, 4) is 0 Å². The Morgan fingerprint density at radius 1 is 1.40 bits per heavy atom. The van der Waals surface area contributed by atoms with E-state index in [1.807, 2.05) is 0 Å². The molecule has 0 saturated carbocycles. The summed E-state index contributed by atoms with van der Waals surface area (Å²) in [7, 11) is 0. The van der Waals surface area contributed by atoms with E-state index in [1.54, 1.807) is 19.1 Å². The minimum Gasteiger partial charge on any atom is -0.364 e. The molecule has 0 amide bonds. The van der Waals surface area contributed by atoms with E-state index < -0.39 is 18.9 Å². The van der Waals surface area contributed by atoms with Crippen molar-refractivity contribution in [2.75, 3.05) is 11.9 Å². The highest BCUT2D eigenvalue weighted by Gasteiger charge is 2.40. The van der Waals surface area contributed by atoms with Crippen LogP contribution in [-0.4, -0.2) is 23.9 Å². The van der Waals surface area contributed by atoms with Crippen LogP contribution < -0.4 is 5.32 Å². The minimum atomic E-state index is -4.04. The molecule has 0 aliphatic heterocycles. The molecule has 0 aliphatic carbocycles. The van der Waals surface area contributed by atoms with Gasteiger partial charge >= 0.3 is 12.3 Å². The topological polar surface area (TPSA) is 24.9 Å². The van der Waals surface area contributed by atoms with Crippen LogP contribution in [0, 0.1) is 6.92 Å². The van der Waals surface area contributed by atoms with E-state index >= 15 is 0 Å². The summed E-state index contributed by atoms with van der Waals surface area (Å²) in [5.74, 6) is -3.87. The number of halogens is 4. The number of aromatic nitrogens is 1. The van der Waals surface area contributed by atoms with Gasteiger partial charge in [0.15, 0.2) is 0 Å². The second-order valence-corrected chi connectivity index (χ2v) is 3.08. The van der Waals surface area contributed by atoms with Crippen LogP contribution in [0.15, 0.2) is 18.2 Å². The number of aryl methyl sites for hydroxylation is 1. The maximum atomic E-state index is 12.5. The van der Waals surface area contributed by atoms with Crippen molar-refractivity contribution in [2.45, 2.75) is 19.3 Å². The van der Waals surface area contributed by atoms with E-state index in [9.17, 15) is 17.6 Å². The van der Waals surface area contributed by atoms with Gasteiger partial charge in [-0.15, -0.1) is 0 Å². The lowest BCUT2D eigenvalue weighted by Crippen LogP contribution is -2.35. The van der Waals surface area contributed by atoms with Crippen molar-refractivity contribution in [3.05, 3.63) is 23.9 Å². The molecule has 1 rings (SSSR count). The largest absolute Gasteiger partial charge is 0.364 e. The zero-order chi connectivity index (χ0) is 11.5. The summed E-state index contributed by atoms with van der Waals surface area (Å²) in [4.78, 5) is 3.85. The van der Waals surface area contributed by atoms with Gasteiger partial charge in [0.25, 0.3) is 0 Å². The maximum Gasteiger partial charge on any atom is 0.324 e. The Kier molecular flexibility index (Phi) is 3.49. The van der Waals surface area contributed by atoms with Gasteiger partial charge in [0.05, 0.1) is 6.54 Å². The van der Waals surface area contributed by atoms with Gasteiger partial charge in [0.2, 0.25) is 0 Å². The second-order valence-electron chi connectivity index (χ2n) is 3.08. The highest BCUT2D eigenvalue weighted by molar-refractivity contribution is 5.35. The fourth-order valence-corrected chi connectivity index (χ4v) is 0.927. The van der Waals surface area contributed by atoms with Gasteiger partial charge < -0.3 is 5.32 Å². The number of nitrogens with one attached hydrogen (secondary N) is 1. The number of nitrogens with zero attached hydrogens (tertiary/aromatic N) is 1. The molecule has 0 atom stereocenters. The van der Waals surface area contributed by atoms with Gasteiger partial charge in [0.1, 0.15) is 5.82 Å². The van der Waals surface area contributed by atoms with Crippen molar-refractivity contribution < 1.29 is 17.6 Å². The summed E-state index contributed by atoms with van der Waals surface area (Å²) < 4.78 is 48.6. The van der Waals surface area contributed by atoms with Gasteiger partial charge in [-0.3, -0.25) is 0 Å². The Hall–Kier alpha value is -1.33. The molecule has 0 radical (unpaired) electrons. The van der Waals surface area contributed by atoms with Crippen molar-refractivity contribution in [1.82, 2.24) is 4.98 Å². The number of pyridine rings is 1. The quantitative estimate of drug-likeness (QED) is 0.792. The van der Waals surface area contributed by atoms with Gasteiger partial charge in [0, 0.05) is 5.69 Å². The molecule has 15 heavy (non-hydrogen) atoms. The third-order valence-electron chi connectivity index (χ3n) is 1.71. The summed E-state index contributed by atoms with van der Waals surface area (Å²) in [6, 6.07) is 4.72. The van der Waals surface area contributed by atoms with E-state index in [2.05, 4.69) is 10.3 Å². The van der Waals surface area contributed by atoms with Gasteiger partial charge in [-0.05, 0) is 19.1 Å². The van der Waals surface area contributed by atoms with Gasteiger partial charge in [-0.1, -0.05) is 6.07 Å². The number of hydrogen-bond acceptors (Lipinski definition) is 2. The molecule has 0 aromatic carbocycles. The second kappa shape index (κ2) is 4.46. The van der Waals surface area contributed by atoms with E-state index in [-0.39, 0.29) is 5.82 Å². The van der Waals surface area contributed by atoms with E-state index in [4.69, 9.17) is 0 Å². The smallest absolute Gasteiger partial charge is 0.324 e. The Morgan fingerprint density at radius 3 is 2.60 bits per heavy atom. The summed E-state index contributed by atoms with van der Waals surface area (Å²) in [5.41, 5.74) is 0.625. The average Bonchev–Trinajstić information content (AvgIpc) is 2.15. The number of anilines is 1. The predicted octanol–water partition coefficient (Wildman–Crippen LogP) is 2.70. The molecule has 0 saturated heterocycles. The first-order valence-corrected chi connectivity index (χ1v) is 4.25. The van der Waals surface area contributed by atoms with Crippen molar-refractivity contribution in [3.63, 3.8) is 0 Å². The summed E-state index contributed by atoms with van der Waals surface area (Å²) in [6.07, 6.45) is -3.67.